The van der Waals surface area contributed by atoms with Crippen LogP contribution in [0.3, 0.4) is 0 Å². The highest BCUT2D eigenvalue weighted by Gasteiger charge is 2.47. The lowest BCUT2D eigenvalue weighted by molar-refractivity contribution is -0.152. The van der Waals surface area contributed by atoms with Gasteiger partial charge in [0.25, 0.3) is 0 Å². The van der Waals surface area contributed by atoms with Crippen LogP contribution < -0.4 is 0 Å². The highest BCUT2D eigenvalue weighted by atomic mass is 35.5. The fourth-order valence-corrected chi connectivity index (χ4v) is 7.04. The fraction of sp³-hybridized carbons (Fsp3) is 0.375. The van der Waals surface area contributed by atoms with E-state index in [1.165, 1.54) is 17.5 Å². The number of thiophene rings is 1. The van der Waals surface area contributed by atoms with Crippen molar-refractivity contribution in [2.24, 2.45) is 23.7 Å². The molecule has 4 aromatic rings. The lowest BCUT2D eigenvalue weighted by Crippen LogP contribution is -2.45. The molecule has 3 fully saturated rings. The number of nitrogens with one attached hydrogen (secondary N) is 1. The van der Waals surface area contributed by atoms with Crippen LogP contribution in [0.5, 0.6) is 0 Å². The second kappa shape index (κ2) is 8.80. The van der Waals surface area contributed by atoms with Crippen LogP contribution in [0.1, 0.15) is 31.4 Å². The van der Waals surface area contributed by atoms with Crippen molar-refractivity contribution < 1.29 is 14.3 Å². The first kappa shape index (κ1) is 22.8. The van der Waals surface area contributed by atoms with Crippen molar-refractivity contribution in [2.45, 2.75) is 32.1 Å². The minimum atomic E-state index is -0.798. The number of hydrogen-bond acceptors (Lipinski definition) is 6. The van der Waals surface area contributed by atoms with E-state index in [1.807, 2.05) is 0 Å². The number of hydrogen-bond donors (Lipinski definition) is 2. The van der Waals surface area contributed by atoms with Crippen molar-refractivity contribution in [1.29, 1.82) is 0 Å². The third-order valence-electron chi connectivity index (χ3n) is 7.42. The Bertz CT molecular complexity index is 1450. The van der Waals surface area contributed by atoms with Crippen molar-refractivity contribution in [1.82, 2.24) is 24.9 Å². The van der Waals surface area contributed by atoms with Gasteiger partial charge >= 0.3 is 5.97 Å². The highest BCUT2D eigenvalue weighted by molar-refractivity contribution is 7.19. The maximum absolute atomic E-state index is 15.9. The summed E-state index contributed by atoms with van der Waals surface area (Å²) in [5.74, 6) is -1.31. The summed E-state index contributed by atoms with van der Waals surface area (Å²) in [6.07, 6.45) is 7.14. The number of nitrogens with zero attached hydrogens (tertiary/aromatic N) is 4. The van der Waals surface area contributed by atoms with Crippen LogP contribution >= 0.6 is 34.5 Å². The summed E-state index contributed by atoms with van der Waals surface area (Å²) in [5.41, 5.74) is 1.91. The average Bonchev–Trinajstić information content (AvgIpc) is 3.46. The summed E-state index contributed by atoms with van der Waals surface area (Å²) in [6.45, 7) is 0. The van der Waals surface area contributed by atoms with Crippen molar-refractivity contribution >= 4 is 51.7 Å². The summed E-state index contributed by atoms with van der Waals surface area (Å²) in [7, 11) is 0. The van der Waals surface area contributed by atoms with E-state index in [4.69, 9.17) is 23.2 Å². The Hall–Kier alpha value is -2.62. The predicted octanol–water partition coefficient (Wildman–Crippen LogP) is 6.27. The van der Waals surface area contributed by atoms with Gasteiger partial charge in [-0.25, -0.2) is 24.3 Å². The summed E-state index contributed by atoms with van der Waals surface area (Å²) in [5, 5.41) is 10.2. The van der Waals surface area contributed by atoms with Gasteiger partial charge in [-0.15, -0.1) is 11.3 Å². The number of carbonyl (C=O) groups is 1. The monoisotopic (exact) mass is 531 g/mol. The number of aromatic nitrogens is 5. The minimum Gasteiger partial charge on any atom is -0.481 e. The van der Waals surface area contributed by atoms with Crippen LogP contribution in [0.2, 0.25) is 9.49 Å². The van der Waals surface area contributed by atoms with E-state index in [-0.39, 0.29) is 46.5 Å². The molecule has 0 amide bonds. The van der Waals surface area contributed by atoms with E-state index in [0.717, 1.165) is 25.7 Å². The molecule has 3 saturated carbocycles. The molecule has 11 heteroatoms. The van der Waals surface area contributed by atoms with Crippen LogP contribution in [-0.4, -0.2) is 36.0 Å². The fourth-order valence-electron chi connectivity index (χ4n) is 5.88. The molecule has 2 N–H and O–H groups in total. The molecule has 0 saturated heterocycles. The van der Waals surface area contributed by atoms with E-state index in [0.29, 0.717) is 25.9 Å². The Morgan fingerprint density at radius 1 is 1.14 bits per heavy atom. The Labute approximate surface area is 213 Å². The first-order valence-corrected chi connectivity index (χ1v) is 13.0. The lowest BCUT2D eigenvalue weighted by atomic mass is 9.57. The summed E-state index contributed by atoms with van der Waals surface area (Å²) < 4.78 is 16.4. The van der Waals surface area contributed by atoms with Crippen LogP contribution in [0.4, 0.5) is 4.39 Å². The number of rotatable bonds is 5. The van der Waals surface area contributed by atoms with E-state index >= 15 is 4.39 Å². The Morgan fingerprint density at radius 2 is 1.91 bits per heavy atom. The van der Waals surface area contributed by atoms with Gasteiger partial charge in [0.1, 0.15) is 16.4 Å². The highest BCUT2D eigenvalue weighted by Crippen LogP contribution is 2.50. The van der Waals surface area contributed by atoms with Crippen LogP contribution in [0.15, 0.2) is 24.5 Å². The number of fused-ring (bicyclic) bond motifs is 4. The van der Waals surface area contributed by atoms with Gasteiger partial charge in [-0.1, -0.05) is 23.2 Å². The largest absolute Gasteiger partial charge is 0.481 e. The van der Waals surface area contributed by atoms with Crippen molar-refractivity contribution in [3.8, 4) is 22.0 Å². The molecular weight excluding hydrogens is 512 g/mol. The normalized spacial score (nSPS) is 23.7. The molecule has 2 bridgehead atoms. The van der Waals surface area contributed by atoms with Crippen LogP contribution in [0, 0.1) is 29.5 Å². The molecule has 7 nitrogen and oxygen atoms in total. The molecule has 4 heterocycles. The lowest BCUT2D eigenvalue weighted by Gasteiger charge is -2.46. The molecule has 0 radical (unpaired) electrons. The molecule has 0 spiro atoms. The first-order valence-electron chi connectivity index (χ1n) is 11.4. The summed E-state index contributed by atoms with van der Waals surface area (Å²) >= 11 is 13.3. The zero-order chi connectivity index (χ0) is 24.3. The van der Waals surface area contributed by atoms with Gasteiger partial charge in [-0.3, -0.25) is 4.79 Å². The van der Waals surface area contributed by atoms with Gasteiger partial charge in [-0.05, 0) is 62.0 Å². The van der Waals surface area contributed by atoms with E-state index in [9.17, 15) is 9.90 Å². The maximum atomic E-state index is 15.9. The van der Waals surface area contributed by atoms with Crippen LogP contribution in [-0.2, 0) is 11.2 Å². The summed E-state index contributed by atoms with van der Waals surface area (Å²) in [4.78, 5) is 33.5. The summed E-state index contributed by atoms with van der Waals surface area (Å²) in [6, 6.07) is 3.42. The molecule has 0 unspecified atom stereocenters. The topological polar surface area (TPSA) is 105 Å². The predicted molar refractivity (Wildman–Crippen MR) is 132 cm³/mol. The van der Waals surface area contributed by atoms with E-state index < -0.39 is 17.7 Å². The van der Waals surface area contributed by atoms with Crippen LogP contribution in [0.25, 0.3) is 33.1 Å². The Kier molecular flexibility index (Phi) is 5.74. The van der Waals surface area contributed by atoms with E-state index in [1.54, 1.807) is 18.3 Å². The molecule has 180 valence electrons. The quantitative estimate of drug-likeness (QED) is 0.314. The number of aromatic amines is 1. The molecule has 0 aromatic carbocycles. The average molecular weight is 532 g/mol. The van der Waals surface area contributed by atoms with Crippen molar-refractivity contribution in [3.63, 3.8) is 0 Å². The third kappa shape index (κ3) is 3.99. The number of H-pyrrole nitrogens is 1. The molecular formula is C24H20Cl2FN5O2S. The molecule has 3 aliphatic rings. The molecule has 4 aromatic heterocycles. The van der Waals surface area contributed by atoms with E-state index in [2.05, 4.69) is 24.9 Å². The first-order chi connectivity index (χ1) is 16.9. The molecule has 0 aliphatic heterocycles. The molecule has 7 rings (SSSR count). The second-order valence-electron chi connectivity index (χ2n) is 9.26. The van der Waals surface area contributed by atoms with Gasteiger partial charge in [0.05, 0.1) is 32.6 Å². The third-order valence-corrected chi connectivity index (χ3v) is 8.84. The van der Waals surface area contributed by atoms with Crippen molar-refractivity contribution in [2.75, 3.05) is 0 Å². The Morgan fingerprint density at radius 3 is 2.63 bits per heavy atom. The number of carboxylic acid groups (broad SMARTS) is 1. The smallest absolute Gasteiger partial charge is 0.307 e. The zero-order valence-corrected chi connectivity index (χ0v) is 20.7. The Balaban J connectivity index is 1.49. The second-order valence-corrected chi connectivity index (χ2v) is 11.4. The minimum absolute atomic E-state index is 0.135. The number of halogens is 3. The van der Waals surface area contributed by atoms with Crippen molar-refractivity contribution in [3.05, 3.63) is 45.5 Å². The SMILES string of the molecule is O=C(O)[C@H]1C2CCC(CC2)[C@@H]1Cc1nc(-c2c[nH]c3nc(Cl)cnc23)nc(-c2ccc(Cl)s2)c1F. The standard InChI is InChI=1S/C24H20Cl2FN5O2S/c25-16-9-28-20-13(8-29-23(20)31-16)22-30-14(19(27)21(32-22)15-5-6-17(26)35-15)7-12-10-1-3-11(4-2-10)18(12)24(33)34/h5-6,8-12,18H,1-4,7H2,(H,29,31)(H,33,34)/t10?,11?,12-,18-/m0/s1. The maximum Gasteiger partial charge on any atom is 0.307 e. The van der Waals surface area contributed by atoms with Gasteiger partial charge in [0.15, 0.2) is 17.3 Å². The van der Waals surface area contributed by atoms with Gasteiger partial charge in [-0.2, -0.15) is 0 Å². The zero-order valence-electron chi connectivity index (χ0n) is 18.3. The molecule has 2 atom stereocenters. The molecule has 3 aliphatic carbocycles. The number of aliphatic carboxylic acids is 1. The van der Waals surface area contributed by atoms with Gasteiger partial charge < -0.3 is 10.1 Å². The van der Waals surface area contributed by atoms with Gasteiger partial charge in [0, 0.05) is 6.20 Å². The number of carboxylic acids is 1. The van der Waals surface area contributed by atoms with Gasteiger partial charge in [0.2, 0.25) is 0 Å². The molecule has 35 heavy (non-hydrogen) atoms.